The van der Waals surface area contributed by atoms with Gasteiger partial charge >= 0.3 is 0 Å². The monoisotopic (exact) mass is 469 g/mol. The third-order valence-corrected chi connectivity index (χ3v) is 5.32. The van der Waals surface area contributed by atoms with Crippen molar-refractivity contribution in [2.45, 2.75) is 57.7 Å². The Labute approximate surface area is 200 Å². The molecule has 3 rings (SSSR count). The summed E-state index contributed by atoms with van der Waals surface area (Å²) in [7, 11) is 0. The van der Waals surface area contributed by atoms with Gasteiger partial charge in [0.15, 0.2) is 11.5 Å². The van der Waals surface area contributed by atoms with Gasteiger partial charge in [-0.3, -0.25) is 9.20 Å². The molecular weight excluding hydrogens is 434 g/mol. The number of aliphatic hydroxyl groups is 1. The largest absolute Gasteiger partial charge is 0.492 e. The average Bonchev–Trinajstić information content (AvgIpc) is 3.24. The first-order valence-electron chi connectivity index (χ1n) is 11.7. The van der Waals surface area contributed by atoms with Gasteiger partial charge in [0, 0.05) is 6.61 Å². The van der Waals surface area contributed by atoms with Crippen LogP contribution in [0.15, 0.2) is 48.7 Å². The van der Waals surface area contributed by atoms with Crippen LogP contribution in [0.3, 0.4) is 0 Å². The summed E-state index contributed by atoms with van der Waals surface area (Å²) in [6.07, 6.45) is 5.53. The van der Waals surface area contributed by atoms with Crippen molar-refractivity contribution in [2.24, 2.45) is 5.73 Å². The molecule has 4 N–H and O–H groups in total. The van der Waals surface area contributed by atoms with Crippen LogP contribution in [0.4, 0.5) is 0 Å². The maximum atomic E-state index is 12.7. The van der Waals surface area contributed by atoms with Gasteiger partial charge < -0.3 is 25.6 Å². The van der Waals surface area contributed by atoms with E-state index in [0.29, 0.717) is 30.4 Å². The Morgan fingerprint density at radius 2 is 1.88 bits per heavy atom. The lowest BCUT2D eigenvalue weighted by atomic mass is 10.1. The molecule has 3 aromatic rings. The Kier molecular flexibility index (Phi) is 9.38. The van der Waals surface area contributed by atoms with Crippen LogP contribution in [0.5, 0.6) is 5.75 Å². The molecule has 34 heavy (non-hydrogen) atoms. The standard InChI is InChI=1S/C25H35N5O4/c1-25(2,26)24(32)27-21(18-33-17-19-10-6-5-7-11-19)23-29-28-22-13-12-20(16-30(22)23)34-15-9-4-3-8-14-31/h5-7,10-13,16,21,31H,3-4,8-9,14-15,17-18,26H2,1-2H3,(H,27,32)/t21-/m1/s1. The Morgan fingerprint density at radius 1 is 1.12 bits per heavy atom. The quantitative estimate of drug-likeness (QED) is 0.310. The van der Waals surface area contributed by atoms with Crippen molar-refractivity contribution in [1.82, 2.24) is 19.9 Å². The number of nitrogens with two attached hydrogens (primary N) is 1. The molecule has 0 spiro atoms. The van der Waals surface area contributed by atoms with Crippen LogP contribution in [0.2, 0.25) is 0 Å². The predicted molar refractivity (Wildman–Crippen MR) is 129 cm³/mol. The number of benzene rings is 1. The summed E-state index contributed by atoms with van der Waals surface area (Å²) < 4.78 is 13.6. The number of pyridine rings is 1. The Bertz CT molecular complexity index is 1030. The first-order chi connectivity index (χ1) is 16.4. The number of ether oxygens (including phenoxy) is 2. The van der Waals surface area contributed by atoms with Gasteiger partial charge in [-0.15, -0.1) is 10.2 Å². The van der Waals surface area contributed by atoms with Crippen LogP contribution in [0.1, 0.15) is 57.0 Å². The lowest BCUT2D eigenvalue weighted by molar-refractivity contribution is -0.126. The molecule has 0 saturated carbocycles. The SMILES string of the molecule is CC(C)(N)C(=O)N[C@H](COCc1ccccc1)c1nnc2ccc(OCCCCCCO)cn12. The predicted octanol–water partition coefficient (Wildman–Crippen LogP) is 2.77. The number of unbranched alkanes of at least 4 members (excludes halogenated alkanes) is 3. The van der Waals surface area contributed by atoms with Gasteiger partial charge in [0.05, 0.1) is 31.6 Å². The minimum Gasteiger partial charge on any atom is -0.492 e. The van der Waals surface area contributed by atoms with E-state index in [1.165, 1.54) is 0 Å². The molecule has 0 bridgehead atoms. The molecule has 0 saturated heterocycles. The van der Waals surface area contributed by atoms with E-state index in [1.54, 1.807) is 18.2 Å². The van der Waals surface area contributed by atoms with Gasteiger partial charge in [-0.1, -0.05) is 36.8 Å². The zero-order valence-electron chi connectivity index (χ0n) is 19.9. The van der Waals surface area contributed by atoms with E-state index < -0.39 is 11.6 Å². The molecule has 0 aliphatic carbocycles. The molecule has 2 heterocycles. The number of aliphatic hydroxyl groups excluding tert-OH is 1. The van der Waals surface area contributed by atoms with Gasteiger partial charge in [-0.2, -0.15) is 0 Å². The molecule has 2 aromatic heterocycles. The molecular formula is C25H35N5O4. The van der Waals surface area contributed by atoms with Gasteiger partial charge in [0.25, 0.3) is 0 Å². The summed E-state index contributed by atoms with van der Waals surface area (Å²) >= 11 is 0. The van der Waals surface area contributed by atoms with Crippen LogP contribution in [0.25, 0.3) is 5.65 Å². The third-order valence-electron chi connectivity index (χ3n) is 5.32. The average molecular weight is 470 g/mol. The summed E-state index contributed by atoms with van der Waals surface area (Å²) in [4.78, 5) is 12.7. The molecule has 9 nitrogen and oxygen atoms in total. The fraction of sp³-hybridized carbons (Fsp3) is 0.480. The van der Waals surface area contributed by atoms with E-state index in [4.69, 9.17) is 20.3 Å². The Balaban J connectivity index is 1.73. The topological polar surface area (TPSA) is 124 Å². The lowest BCUT2D eigenvalue weighted by Crippen LogP contribution is -2.50. The number of nitrogens with one attached hydrogen (secondary N) is 1. The summed E-state index contributed by atoms with van der Waals surface area (Å²) in [5.41, 5.74) is 6.63. The van der Waals surface area contributed by atoms with Crippen molar-refractivity contribution in [2.75, 3.05) is 19.8 Å². The molecule has 0 unspecified atom stereocenters. The van der Waals surface area contributed by atoms with Crippen molar-refractivity contribution < 1.29 is 19.4 Å². The second kappa shape index (κ2) is 12.5. The summed E-state index contributed by atoms with van der Waals surface area (Å²) in [6.45, 7) is 4.71. The summed E-state index contributed by atoms with van der Waals surface area (Å²) in [5.74, 6) is 0.909. The molecule has 184 valence electrons. The van der Waals surface area contributed by atoms with E-state index in [0.717, 1.165) is 31.2 Å². The Morgan fingerprint density at radius 3 is 2.62 bits per heavy atom. The second-order valence-corrected chi connectivity index (χ2v) is 8.89. The minimum atomic E-state index is -1.05. The molecule has 0 radical (unpaired) electrons. The molecule has 0 aliphatic heterocycles. The van der Waals surface area contributed by atoms with Crippen molar-refractivity contribution in [3.8, 4) is 5.75 Å². The molecule has 9 heteroatoms. The maximum Gasteiger partial charge on any atom is 0.240 e. The molecule has 0 fully saturated rings. The molecule has 1 amide bonds. The zero-order valence-corrected chi connectivity index (χ0v) is 19.9. The van der Waals surface area contributed by atoms with Crippen molar-refractivity contribution in [3.05, 3.63) is 60.0 Å². The molecule has 1 aromatic carbocycles. The number of hydrogen-bond acceptors (Lipinski definition) is 7. The first-order valence-corrected chi connectivity index (χ1v) is 11.7. The number of carbonyl (C=O) groups excluding carboxylic acids is 1. The van der Waals surface area contributed by atoms with Crippen LogP contribution >= 0.6 is 0 Å². The summed E-state index contributed by atoms with van der Waals surface area (Å²) in [5, 5.41) is 20.4. The highest BCUT2D eigenvalue weighted by molar-refractivity contribution is 5.85. The highest BCUT2D eigenvalue weighted by Crippen LogP contribution is 2.19. The lowest BCUT2D eigenvalue weighted by Gasteiger charge is -2.23. The van der Waals surface area contributed by atoms with Gasteiger partial charge in [0.2, 0.25) is 5.91 Å². The second-order valence-electron chi connectivity index (χ2n) is 8.89. The number of nitrogens with zero attached hydrogens (tertiary/aromatic N) is 3. The van der Waals surface area contributed by atoms with Crippen molar-refractivity contribution >= 4 is 11.6 Å². The summed E-state index contributed by atoms with van der Waals surface area (Å²) in [6, 6.07) is 12.9. The maximum absolute atomic E-state index is 12.7. The van der Waals surface area contributed by atoms with Crippen molar-refractivity contribution in [1.29, 1.82) is 0 Å². The van der Waals surface area contributed by atoms with Crippen LogP contribution in [-0.2, 0) is 16.1 Å². The van der Waals surface area contributed by atoms with Crippen LogP contribution < -0.4 is 15.8 Å². The van der Waals surface area contributed by atoms with E-state index >= 15 is 0 Å². The van der Waals surface area contributed by atoms with E-state index in [2.05, 4.69) is 15.5 Å². The highest BCUT2D eigenvalue weighted by Gasteiger charge is 2.28. The third kappa shape index (κ3) is 7.51. The van der Waals surface area contributed by atoms with Crippen LogP contribution in [-0.4, -0.2) is 51.0 Å². The highest BCUT2D eigenvalue weighted by atomic mass is 16.5. The zero-order chi connectivity index (χ0) is 24.4. The van der Waals surface area contributed by atoms with Gasteiger partial charge in [-0.05, 0) is 50.8 Å². The number of amides is 1. The van der Waals surface area contributed by atoms with E-state index in [-0.39, 0.29) is 19.1 Å². The van der Waals surface area contributed by atoms with E-state index in [9.17, 15) is 4.79 Å². The number of rotatable bonds is 14. The van der Waals surface area contributed by atoms with Gasteiger partial charge in [0.1, 0.15) is 11.8 Å². The fourth-order valence-electron chi connectivity index (χ4n) is 3.36. The molecule has 0 aliphatic rings. The number of carbonyl (C=O) groups is 1. The Hall–Kier alpha value is -3.01. The number of aromatic nitrogens is 3. The first kappa shape index (κ1) is 25.6. The normalized spacial score (nSPS) is 12.6. The van der Waals surface area contributed by atoms with Gasteiger partial charge in [-0.25, -0.2) is 0 Å². The minimum absolute atomic E-state index is 0.202. The van der Waals surface area contributed by atoms with E-state index in [1.807, 2.05) is 48.7 Å². The molecule has 1 atom stereocenters. The number of fused-ring (bicyclic) bond motifs is 1. The number of hydrogen-bond donors (Lipinski definition) is 3. The van der Waals surface area contributed by atoms with Crippen LogP contribution in [0, 0.1) is 0 Å². The fourth-order valence-corrected chi connectivity index (χ4v) is 3.36. The van der Waals surface area contributed by atoms with Crippen molar-refractivity contribution in [3.63, 3.8) is 0 Å². The smallest absolute Gasteiger partial charge is 0.240 e.